The zero-order valence-corrected chi connectivity index (χ0v) is 17.3. The first-order valence-corrected chi connectivity index (χ1v) is 10.2. The van der Waals surface area contributed by atoms with Gasteiger partial charge in [-0.15, -0.1) is 0 Å². The van der Waals surface area contributed by atoms with E-state index < -0.39 is 24.6 Å². The van der Waals surface area contributed by atoms with E-state index in [1.165, 1.54) is 29.1 Å². The third-order valence-corrected chi connectivity index (χ3v) is 5.26. The molecule has 0 amide bonds. The van der Waals surface area contributed by atoms with E-state index in [1.54, 1.807) is 6.07 Å². The van der Waals surface area contributed by atoms with Gasteiger partial charge in [0.25, 0.3) is 5.56 Å². The lowest BCUT2D eigenvalue weighted by atomic mass is 10.2. The molecule has 9 nitrogen and oxygen atoms in total. The highest BCUT2D eigenvalue weighted by Crippen LogP contribution is 2.26. The van der Waals surface area contributed by atoms with E-state index in [0.29, 0.717) is 6.42 Å². The van der Waals surface area contributed by atoms with Crippen molar-refractivity contribution in [2.45, 2.75) is 44.6 Å². The molecule has 2 atom stereocenters. The number of ether oxygens (including phenoxy) is 1. The Kier molecular flexibility index (Phi) is 6.73. The largest absolute Gasteiger partial charge is 0.432 e. The summed E-state index contributed by atoms with van der Waals surface area (Å²) in [6.45, 7) is -3.35. The molecule has 3 aromatic heterocycles. The Balaban J connectivity index is 1.37. The van der Waals surface area contributed by atoms with E-state index in [4.69, 9.17) is 0 Å². The van der Waals surface area contributed by atoms with E-state index in [2.05, 4.69) is 30.3 Å². The zero-order valence-electron chi connectivity index (χ0n) is 17.3. The number of nitrogens with zero attached hydrogens (tertiary/aromatic N) is 4. The van der Waals surface area contributed by atoms with Crippen molar-refractivity contribution in [3.8, 4) is 11.4 Å². The minimum absolute atomic E-state index is 0.00602. The number of anilines is 2. The lowest BCUT2D eigenvalue weighted by molar-refractivity contribution is -0.0503. The van der Waals surface area contributed by atoms with E-state index in [9.17, 15) is 23.1 Å². The van der Waals surface area contributed by atoms with E-state index in [0.717, 1.165) is 25.2 Å². The van der Waals surface area contributed by atoms with Gasteiger partial charge in [-0.25, -0.2) is 19.3 Å². The fourth-order valence-corrected chi connectivity index (χ4v) is 3.70. The van der Waals surface area contributed by atoms with Gasteiger partial charge in [-0.3, -0.25) is 9.36 Å². The van der Waals surface area contributed by atoms with Gasteiger partial charge in [0.1, 0.15) is 0 Å². The highest BCUT2D eigenvalue weighted by Gasteiger charge is 2.26. The number of aromatic nitrogens is 4. The number of pyridine rings is 2. The summed E-state index contributed by atoms with van der Waals surface area (Å²) in [5.41, 5.74) is 0.00754. The number of hydrogen-bond donors (Lipinski definition) is 3. The molecule has 3 heterocycles. The van der Waals surface area contributed by atoms with Crippen molar-refractivity contribution in [2.75, 3.05) is 10.6 Å². The molecule has 1 saturated carbocycles. The van der Waals surface area contributed by atoms with Gasteiger partial charge in [-0.1, -0.05) is 0 Å². The van der Waals surface area contributed by atoms with Crippen LogP contribution >= 0.6 is 0 Å². The Bertz CT molecular complexity index is 1160. The molecule has 0 saturated heterocycles. The quantitative estimate of drug-likeness (QED) is 0.468. The average molecular weight is 462 g/mol. The summed E-state index contributed by atoms with van der Waals surface area (Å²) in [4.78, 5) is 24.4. The lowest BCUT2D eigenvalue weighted by Crippen LogP contribution is -2.23. The highest BCUT2D eigenvalue weighted by molar-refractivity contribution is 5.44. The van der Waals surface area contributed by atoms with E-state index in [-0.39, 0.29) is 40.9 Å². The monoisotopic (exact) mass is 462 g/mol. The van der Waals surface area contributed by atoms with Crippen molar-refractivity contribution in [1.82, 2.24) is 19.5 Å². The first-order chi connectivity index (χ1) is 15.9. The Morgan fingerprint density at radius 1 is 1.15 bits per heavy atom. The Morgan fingerprint density at radius 3 is 2.55 bits per heavy atom. The second-order valence-electron chi connectivity index (χ2n) is 7.51. The summed E-state index contributed by atoms with van der Waals surface area (Å²) < 4.78 is 44.5. The number of hydrogen-bond acceptors (Lipinski definition) is 8. The van der Waals surface area contributed by atoms with Crippen molar-refractivity contribution in [3.05, 3.63) is 64.7 Å². The summed E-state index contributed by atoms with van der Waals surface area (Å²) in [6, 6.07) is 4.24. The number of aliphatic hydroxyl groups is 1. The maximum atomic E-state index is 14.7. The number of halogens is 3. The van der Waals surface area contributed by atoms with Gasteiger partial charge in [-0.05, 0) is 31.4 Å². The van der Waals surface area contributed by atoms with Crippen molar-refractivity contribution in [2.24, 2.45) is 0 Å². The van der Waals surface area contributed by atoms with Crippen LogP contribution in [0.25, 0.3) is 5.69 Å². The minimum atomic E-state index is -2.94. The smallest absolute Gasteiger partial charge is 0.387 e. The zero-order chi connectivity index (χ0) is 23.4. The van der Waals surface area contributed by atoms with Crippen LogP contribution in [0, 0.1) is 5.82 Å². The molecule has 0 aromatic carbocycles. The van der Waals surface area contributed by atoms with Crippen LogP contribution in [0.1, 0.15) is 24.8 Å². The topological polar surface area (TPSA) is 114 Å². The fraction of sp³-hybridized carbons (Fsp3) is 0.333. The SMILES string of the molecule is O=c1c(CO)cccn1-c1cnc(N[C@H]2CC[C@H](Nc3ncc(OC(F)F)cn3)C2)c(F)c1. The number of nitrogens with one attached hydrogen (secondary N) is 2. The molecule has 1 aliphatic carbocycles. The van der Waals surface area contributed by atoms with Gasteiger partial charge in [0.2, 0.25) is 5.95 Å². The van der Waals surface area contributed by atoms with Gasteiger partial charge in [-0.2, -0.15) is 8.78 Å². The molecule has 33 heavy (non-hydrogen) atoms. The molecule has 0 aliphatic heterocycles. The third-order valence-electron chi connectivity index (χ3n) is 5.26. The van der Waals surface area contributed by atoms with Gasteiger partial charge in [0.15, 0.2) is 17.4 Å². The molecular formula is C21H21F3N6O3. The van der Waals surface area contributed by atoms with Crippen molar-refractivity contribution in [1.29, 1.82) is 0 Å². The molecule has 0 spiro atoms. The molecular weight excluding hydrogens is 441 g/mol. The van der Waals surface area contributed by atoms with E-state index >= 15 is 0 Å². The first kappa shape index (κ1) is 22.5. The van der Waals surface area contributed by atoms with Gasteiger partial charge in [0, 0.05) is 29.9 Å². The molecule has 1 fully saturated rings. The van der Waals surface area contributed by atoms with Crippen LogP contribution < -0.4 is 20.9 Å². The molecule has 0 unspecified atom stereocenters. The van der Waals surface area contributed by atoms with Crippen molar-refractivity contribution in [3.63, 3.8) is 0 Å². The van der Waals surface area contributed by atoms with Crippen LogP contribution in [0.4, 0.5) is 24.9 Å². The van der Waals surface area contributed by atoms with Crippen LogP contribution in [0.3, 0.4) is 0 Å². The Hall–Kier alpha value is -3.67. The maximum Gasteiger partial charge on any atom is 0.387 e. The fourth-order valence-electron chi connectivity index (χ4n) is 3.70. The van der Waals surface area contributed by atoms with E-state index in [1.807, 2.05) is 0 Å². The second kappa shape index (κ2) is 9.86. The number of alkyl halides is 2. The van der Waals surface area contributed by atoms with Gasteiger partial charge in [0.05, 0.1) is 30.9 Å². The van der Waals surface area contributed by atoms with Crippen molar-refractivity contribution >= 4 is 11.8 Å². The lowest BCUT2D eigenvalue weighted by Gasteiger charge is -2.16. The third kappa shape index (κ3) is 5.40. The first-order valence-electron chi connectivity index (χ1n) is 10.2. The molecule has 3 N–H and O–H groups in total. The highest BCUT2D eigenvalue weighted by atomic mass is 19.3. The predicted molar refractivity (Wildman–Crippen MR) is 113 cm³/mol. The molecule has 1 aliphatic rings. The van der Waals surface area contributed by atoms with Crippen LogP contribution in [0.5, 0.6) is 5.75 Å². The molecule has 12 heteroatoms. The molecule has 4 rings (SSSR count). The Labute approximate surface area is 186 Å². The minimum Gasteiger partial charge on any atom is -0.432 e. The number of aliphatic hydroxyl groups excluding tert-OH is 1. The standard InChI is InChI=1S/C21H21F3N6O3/c22-17-7-15(30-5-1-2-12(11-31)19(30)32)8-25-18(17)28-13-3-4-14(6-13)29-21-26-9-16(10-27-21)33-20(23)24/h1-2,5,7-10,13-14,20,31H,3-4,6,11H2,(H,25,28)(H,26,27,29)/t13-,14-/m0/s1. The summed E-state index contributed by atoms with van der Waals surface area (Å²) in [7, 11) is 0. The van der Waals surface area contributed by atoms with Crippen LogP contribution in [-0.4, -0.2) is 43.3 Å². The molecule has 0 bridgehead atoms. The predicted octanol–water partition coefficient (Wildman–Crippen LogP) is 2.70. The molecule has 3 aromatic rings. The Morgan fingerprint density at radius 2 is 1.88 bits per heavy atom. The van der Waals surface area contributed by atoms with Crippen molar-refractivity contribution < 1.29 is 23.0 Å². The average Bonchev–Trinajstić information content (AvgIpc) is 3.23. The summed E-state index contributed by atoms with van der Waals surface area (Å²) in [5.74, 6) is -0.382. The normalized spacial score (nSPS) is 17.8. The van der Waals surface area contributed by atoms with Crippen LogP contribution in [-0.2, 0) is 6.61 Å². The summed E-state index contributed by atoms with van der Waals surface area (Å²) in [6.07, 6.45) is 7.33. The number of rotatable bonds is 8. The molecule has 0 radical (unpaired) electrons. The summed E-state index contributed by atoms with van der Waals surface area (Å²) in [5, 5.41) is 15.4. The molecule has 174 valence electrons. The summed E-state index contributed by atoms with van der Waals surface area (Å²) >= 11 is 0. The maximum absolute atomic E-state index is 14.7. The van der Waals surface area contributed by atoms with Crippen LogP contribution in [0.15, 0.2) is 47.8 Å². The second-order valence-corrected chi connectivity index (χ2v) is 7.51. The van der Waals surface area contributed by atoms with Crippen LogP contribution in [0.2, 0.25) is 0 Å². The van der Waals surface area contributed by atoms with Gasteiger partial charge >= 0.3 is 6.61 Å². The van der Waals surface area contributed by atoms with Gasteiger partial charge < -0.3 is 20.5 Å².